The van der Waals surface area contributed by atoms with Gasteiger partial charge in [-0.3, -0.25) is 9.59 Å². The van der Waals surface area contributed by atoms with Crippen LogP contribution in [0.4, 0.5) is 22.7 Å². The van der Waals surface area contributed by atoms with Gasteiger partial charge >= 0.3 is 0 Å². The Morgan fingerprint density at radius 1 is 0.537 bits per heavy atom. The second kappa shape index (κ2) is 18.1. The number of nitrogens with zero attached hydrogens (tertiary/aromatic N) is 7. The quantitative estimate of drug-likeness (QED) is 0.0528. The summed E-state index contributed by atoms with van der Waals surface area (Å²) in [7, 11) is 10.2. The highest BCUT2D eigenvalue weighted by Crippen LogP contribution is 2.35. The zero-order valence-corrected chi connectivity index (χ0v) is 32.3. The Balaban J connectivity index is 1.06. The highest BCUT2D eigenvalue weighted by molar-refractivity contribution is 6.08. The lowest BCUT2D eigenvalue weighted by atomic mass is 10.1. The monoisotopic (exact) mass is 727 g/mol. The lowest BCUT2D eigenvalue weighted by Crippen LogP contribution is -2.30. The van der Waals surface area contributed by atoms with Crippen molar-refractivity contribution >= 4 is 79.2 Å². The van der Waals surface area contributed by atoms with E-state index >= 15 is 0 Å². The third-order valence-corrected chi connectivity index (χ3v) is 9.84. The molecule has 11 heteroatoms. The summed E-state index contributed by atoms with van der Waals surface area (Å²) in [6.45, 7) is 6.23. The molecule has 2 heterocycles. The molecule has 54 heavy (non-hydrogen) atoms. The number of likely N-dealkylation sites (N-methyl/N-ethyl adjacent to an activating group) is 2. The number of fused-ring (bicyclic) bond motifs is 4. The topological polar surface area (TPSA) is 100 Å². The number of para-hydroxylation sites is 2. The van der Waals surface area contributed by atoms with Crippen LogP contribution in [0, 0.1) is 0 Å². The third kappa shape index (κ3) is 9.22. The largest absolute Gasteiger partial charge is 0.384 e. The normalized spacial score (nSPS) is 11.7. The van der Waals surface area contributed by atoms with Gasteiger partial charge in [0.2, 0.25) is 12.8 Å². The average Bonchev–Trinajstić information content (AvgIpc) is 3.17. The zero-order valence-electron chi connectivity index (χ0n) is 32.3. The number of hydrogen-bond donors (Lipinski definition) is 2. The lowest BCUT2D eigenvalue weighted by molar-refractivity contribution is -0.108. The molecule has 2 N–H and O–H groups in total. The molecule has 0 atom stereocenters. The van der Waals surface area contributed by atoms with E-state index in [-0.39, 0.29) is 0 Å². The van der Waals surface area contributed by atoms with E-state index in [4.69, 9.17) is 9.97 Å². The molecule has 0 saturated heterocycles. The summed E-state index contributed by atoms with van der Waals surface area (Å²) in [5.74, 6) is 0. The number of rotatable bonds is 20. The first kappa shape index (κ1) is 38.4. The van der Waals surface area contributed by atoms with Crippen LogP contribution in [0.1, 0.15) is 12.8 Å². The summed E-state index contributed by atoms with van der Waals surface area (Å²) < 4.78 is 0. The molecule has 0 fully saturated rings. The van der Waals surface area contributed by atoms with E-state index in [1.165, 1.54) is 0 Å². The highest BCUT2D eigenvalue weighted by Gasteiger charge is 2.17. The standard InChI is InChI=1S/C43H53N9O2/c1-48(2)24-26-51(30-53)40-18-16-38(34-28-32-12-6-8-14-36(32)46-42(34)40)44-20-10-22-50(5)23-11-21-45-39-17-19-41(52(31-54)27-25-49(3)4)43-35(39)29-33-13-7-9-15-37(33)47-43/h6-9,12-19,28-31,44-45H,10-11,20-27H2,1-5H3. The minimum absolute atomic E-state index is 0.587. The van der Waals surface area contributed by atoms with Crippen LogP contribution in [0.5, 0.6) is 0 Å². The fourth-order valence-electron chi connectivity index (χ4n) is 6.80. The molecule has 282 valence electrons. The van der Waals surface area contributed by atoms with Crippen LogP contribution in [0.2, 0.25) is 0 Å². The Bertz CT molecular complexity index is 2050. The summed E-state index contributed by atoms with van der Waals surface area (Å²) in [6.07, 6.45) is 3.76. The van der Waals surface area contributed by atoms with E-state index in [1.807, 2.05) is 76.7 Å². The van der Waals surface area contributed by atoms with Gasteiger partial charge in [0.25, 0.3) is 0 Å². The van der Waals surface area contributed by atoms with E-state index in [9.17, 15) is 9.59 Å². The first-order valence-corrected chi connectivity index (χ1v) is 18.8. The van der Waals surface area contributed by atoms with E-state index in [0.717, 1.165) is 131 Å². The van der Waals surface area contributed by atoms with Gasteiger partial charge in [0, 0.05) is 72.2 Å². The number of anilines is 4. The van der Waals surface area contributed by atoms with Crippen LogP contribution >= 0.6 is 0 Å². The van der Waals surface area contributed by atoms with Gasteiger partial charge in [-0.05, 0) is 110 Å². The number of pyridine rings is 2. The average molecular weight is 728 g/mol. The van der Waals surface area contributed by atoms with Crippen molar-refractivity contribution in [1.82, 2.24) is 24.7 Å². The second-order valence-electron chi connectivity index (χ2n) is 14.5. The molecule has 0 saturated carbocycles. The van der Waals surface area contributed by atoms with Crippen molar-refractivity contribution in [2.24, 2.45) is 0 Å². The maximum atomic E-state index is 12.2. The Morgan fingerprint density at radius 2 is 0.963 bits per heavy atom. The van der Waals surface area contributed by atoms with E-state index < -0.39 is 0 Å². The van der Waals surface area contributed by atoms with Crippen molar-refractivity contribution in [3.8, 4) is 0 Å². The van der Waals surface area contributed by atoms with Gasteiger partial charge in [-0.15, -0.1) is 0 Å². The van der Waals surface area contributed by atoms with Crippen LogP contribution in [0.25, 0.3) is 43.6 Å². The Hall–Kier alpha value is -5.36. The minimum atomic E-state index is 0.587. The SMILES string of the molecule is CN(C)CCN(C=O)c1ccc(NCCCN(C)CCCNc2ccc(N(C=O)CCN(C)C)c3nc4ccccc4cc23)c2cc3ccccc3nc12. The number of benzene rings is 4. The second-order valence-corrected chi connectivity index (χ2v) is 14.5. The first-order chi connectivity index (χ1) is 26.2. The summed E-state index contributed by atoms with van der Waals surface area (Å²) in [5.41, 5.74) is 7.16. The number of carbonyl (C=O) groups is 2. The van der Waals surface area contributed by atoms with Crippen molar-refractivity contribution in [1.29, 1.82) is 0 Å². The molecular weight excluding hydrogens is 675 g/mol. The van der Waals surface area contributed by atoms with Gasteiger partial charge in [0.15, 0.2) is 0 Å². The Kier molecular flexibility index (Phi) is 12.9. The van der Waals surface area contributed by atoms with Gasteiger partial charge in [0.1, 0.15) is 0 Å². The number of nitrogens with one attached hydrogen (secondary N) is 2. The van der Waals surface area contributed by atoms with Gasteiger partial charge in [-0.1, -0.05) is 36.4 Å². The predicted octanol–water partition coefficient (Wildman–Crippen LogP) is 6.37. The summed E-state index contributed by atoms with van der Waals surface area (Å²) in [6, 6.07) is 28.8. The van der Waals surface area contributed by atoms with Gasteiger partial charge < -0.3 is 35.1 Å². The van der Waals surface area contributed by atoms with E-state index in [1.54, 1.807) is 9.80 Å². The molecule has 4 aromatic carbocycles. The Morgan fingerprint density at radius 3 is 1.37 bits per heavy atom. The molecule has 0 aliphatic heterocycles. The van der Waals surface area contributed by atoms with Gasteiger partial charge in [0.05, 0.1) is 33.4 Å². The molecule has 2 amide bonds. The predicted molar refractivity (Wildman–Crippen MR) is 226 cm³/mol. The summed E-state index contributed by atoms with van der Waals surface area (Å²) in [4.78, 5) is 44.4. The molecule has 0 spiro atoms. The van der Waals surface area contributed by atoms with E-state index in [0.29, 0.717) is 13.1 Å². The molecule has 6 rings (SSSR count). The molecule has 6 aromatic rings. The maximum Gasteiger partial charge on any atom is 0.214 e. The van der Waals surface area contributed by atoms with Crippen molar-refractivity contribution in [3.63, 3.8) is 0 Å². The minimum Gasteiger partial charge on any atom is -0.384 e. The van der Waals surface area contributed by atoms with Crippen LogP contribution < -0.4 is 20.4 Å². The molecule has 11 nitrogen and oxygen atoms in total. The van der Waals surface area contributed by atoms with Crippen molar-refractivity contribution < 1.29 is 9.59 Å². The summed E-state index contributed by atoms with van der Waals surface area (Å²) in [5, 5.41) is 11.5. The molecule has 0 bridgehead atoms. The van der Waals surface area contributed by atoms with E-state index in [2.05, 4.69) is 68.8 Å². The number of amides is 2. The van der Waals surface area contributed by atoms with Crippen LogP contribution in [0.3, 0.4) is 0 Å². The number of hydrogen-bond acceptors (Lipinski definition) is 9. The molecule has 0 aliphatic carbocycles. The fourth-order valence-corrected chi connectivity index (χ4v) is 6.80. The van der Waals surface area contributed by atoms with Gasteiger partial charge in [-0.2, -0.15) is 0 Å². The molecule has 0 aliphatic rings. The Labute approximate surface area is 318 Å². The zero-order chi connectivity index (χ0) is 38.0. The highest BCUT2D eigenvalue weighted by atomic mass is 16.1. The lowest BCUT2D eigenvalue weighted by Gasteiger charge is -2.23. The molecular formula is C43H53N9O2. The van der Waals surface area contributed by atoms with Crippen molar-refractivity contribution in [3.05, 3.63) is 84.9 Å². The van der Waals surface area contributed by atoms with Crippen LogP contribution in [-0.4, -0.2) is 125 Å². The number of carbonyl (C=O) groups excluding carboxylic acids is 2. The first-order valence-electron chi connectivity index (χ1n) is 18.8. The van der Waals surface area contributed by atoms with Gasteiger partial charge in [-0.25, -0.2) is 9.97 Å². The van der Waals surface area contributed by atoms with Crippen LogP contribution in [0.15, 0.2) is 84.9 Å². The van der Waals surface area contributed by atoms with Crippen LogP contribution in [-0.2, 0) is 9.59 Å². The van der Waals surface area contributed by atoms with Crippen molar-refractivity contribution in [2.75, 3.05) is 108 Å². The number of aromatic nitrogens is 2. The molecule has 0 radical (unpaired) electrons. The fraction of sp³-hybridized carbons (Fsp3) is 0.349. The summed E-state index contributed by atoms with van der Waals surface area (Å²) >= 11 is 0. The molecule has 0 unspecified atom stereocenters. The van der Waals surface area contributed by atoms with Crippen molar-refractivity contribution in [2.45, 2.75) is 12.8 Å². The smallest absolute Gasteiger partial charge is 0.214 e. The maximum absolute atomic E-state index is 12.2. The third-order valence-electron chi connectivity index (χ3n) is 9.84. The molecule has 2 aromatic heterocycles.